The zero-order valence-electron chi connectivity index (χ0n) is 14.7. The van der Waals surface area contributed by atoms with Gasteiger partial charge < -0.3 is 19.5 Å². The highest BCUT2D eigenvalue weighted by Gasteiger charge is 2.16. The van der Waals surface area contributed by atoms with E-state index in [0.717, 1.165) is 0 Å². The second-order valence-corrected chi connectivity index (χ2v) is 6.39. The van der Waals surface area contributed by atoms with Crippen LogP contribution in [0.2, 0.25) is 0 Å². The third-order valence-electron chi connectivity index (χ3n) is 3.59. The lowest BCUT2D eigenvalue weighted by molar-refractivity contribution is -0.124. The third-order valence-corrected chi connectivity index (χ3v) is 4.56. The van der Waals surface area contributed by atoms with E-state index in [2.05, 4.69) is 20.8 Å². The summed E-state index contributed by atoms with van der Waals surface area (Å²) in [7, 11) is 0. The fourth-order valence-corrected chi connectivity index (χ4v) is 3.12. The molecule has 2 amide bonds. The van der Waals surface area contributed by atoms with Gasteiger partial charge >= 0.3 is 0 Å². The maximum absolute atomic E-state index is 12.0. The van der Waals surface area contributed by atoms with Crippen molar-refractivity contribution in [1.29, 1.82) is 0 Å². The molecule has 3 aromatic rings. The minimum absolute atomic E-state index is 0.0990. The molecule has 3 aromatic heterocycles. The quantitative estimate of drug-likeness (QED) is 0.535. The van der Waals surface area contributed by atoms with E-state index in [1.807, 2.05) is 11.5 Å². The van der Waals surface area contributed by atoms with Crippen LogP contribution in [0.3, 0.4) is 0 Å². The topological polar surface area (TPSA) is 115 Å². The van der Waals surface area contributed by atoms with Crippen molar-refractivity contribution < 1.29 is 18.4 Å². The third kappa shape index (κ3) is 5.00. The molecular formula is C17H19N5O4S. The first-order chi connectivity index (χ1) is 13.2. The van der Waals surface area contributed by atoms with Crippen LogP contribution in [0, 0.1) is 0 Å². The maximum atomic E-state index is 12.0. The van der Waals surface area contributed by atoms with E-state index in [9.17, 15) is 9.59 Å². The smallest absolute Gasteiger partial charge is 0.239 e. The molecule has 0 unspecified atom stereocenters. The van der Waals surface area contributed by atoms with Gasteiger partial charge in [0, 0.05) is 6.54 Å². The molecule has 9 nitrogen and oxygen atoms in total. The first kappa shape index (κ1) is 18.8. The van der Waals surface area contributed by atoms with Crippen molar-refractivity contribution in [3.63, 3.8) is 0 Å². The molecule has 0 spiro atoms. The number of thioether (sulfide) groups is 1. The van der Waals surface area contributed by atoms with E-state index in [4.69, 9.17) is 8.83 Å². The summed E-state index contributed by atoms with van der Waals surface area (Å²) >= 11 is 1.25. The van der Waals surface area contributed by atoms with Gasteiger partial charge in [0.05, 0.1) is 31.4 Å². The highest BCUT2D eigenvalue weighted by Crippen LogP contribution is 2.23. The number of nitrogens with zero attached hydrogens (tertiary/aromatic N) is 3. The van der Waals surface area contributed by atoms with E-state index in [-0.39, 0.29) is 30.7 Å². The summed E-state index contributed by atoms with van der Waals surface area (Å²) in [6.07, 6.45) is 3.11. The summed E-state index contributed by atoms with van der Waals surface area (Å²) in [5.41, 5.74) is 0. The van der Waals surface area contributed by atoms with Crippen molar-refractivity contribution in [1.82, 2.24) is 25.4 Å². The Morgan fingerprint density at radius 3 is 2.63 bits per heavy atom. The van der Waals surface area contributed by atoms with Crippen molar-refractivity contribution in [3.8, 4) is 11.6 Å². The lowest BCUT2D eigenvalue weighted by Gasteiger charge is -2.07. The summed E-state index contributed by atoms with van der Waals surface area (Å²) in [4.78, 5) is 23.7. The molecule has 10 heteroatoms. The monoisotopic (exact) mass is 389 g/mol. The summed E-state index contributed by atoms with van der Waals surface area (Å²) in [5.74, 6) is 1.45. The Bertz CT molecular complexity index is 873. The van der Waals surface area contributed by atoms with Crippen molar-refractivity contribution in [3.05, 3.63) is 42.6 Å². The molecule has 0 aliphatic carbocycles. The molecule has 0 saturated heterocycles. The van der Waals surface area contributed by atoms with Crippen LogP contribution in [0.25, 0.3) is 11.6 Å². The molecule has 2 N–H and O–H groups in total. The molecule has 27 heavy (non-hydrogen) atoms. The molecule has 0 atom stereocenters. The molecule has 0 aliphatic heterocycles. The highest BCUT2D eigenvalue weighted by molar-refractivity contribution is 7.99. The maximum Gasteiger partial charge on any atom is 0.239 e. The number of carbonyl (C=O) groups excluding carboxylic acids is 2. The fraction of sp³-hybridized carbons (Fsp3) is 0.294. The molecule has 3 heterocycles. The fourth-order valence-electron chi connectivity index (χ4n) is 2.29. The largest absolute Gasteiger partial charge is 0.467 e. The number of furan rings is 2. The van der Waals surface area contributed by atoms with Crippen LogP contribution in [0.15, 0.2) is 50.8 Å². The van der Waals surface area contributed by atoms with Gasteiger partial charge in [-0.25, -0.2) is 0 Å². The van der Waals surface area contributed by atoms with Crippen LogP contribution >= 0.6 is 11.8 Å². The number of hydrogen-bond donors (Lipinski definition) is 2. The summed E-state index contributed by atoms with van der Waals surface area (Å²) in [6.45, 7) is 2.79. The van der Waals surface area contributed by atoms with Crippen molar-refractivity contribution >= 4 is 23.6 Å². The van der Waals surface area contributed by atoms with E-state index >= 15 is 0 Å². The molecule has 0 fully saturated rings. The summed E-state index contributed by atoms with van der Waals surface area (Å²) in [6, 6.07) is 7.09. The van der Waals surface area contributed by atoms with E-state index in [1.165, 1.54) is 18.0 Å². The number of carbonyl (C=O) groups is 2. The summed E-state index contributed by atoms with van der Waals surface area (Å²) < 4.78 is 12.3. The van der Waals surface area contributed by atoms with Gasteiger partial charge in [0.25, 0.3) is 0 Å². The van der Waals surface area contributed by atoms with Crippen LogP contribution in [-0.4, -0.2) is 38.9 Å². The zero-order valence-corrected chi connectivity index (χ0v) is 15.5. The molecule has 0 saturated carbocycles. The van der Waals surface area contributed by atoms with Gasteiger partial charge in [0.1, 0.15) is 5.76 Å². The second kappa shape index (κ2) is 9.08. The number of hydrogen-bond acceptors (Lipinski definition) is 7. The van der Waals surface area contributed by atoms with Crippen LogP contribution in [0.5, 0.6) is 0 Å². The SMILES string of the molecule is CCn1c(SCC(=O)NCC(=O)NCc2ccco2)nnc1-c1ccco1. The van der Waals surface area contributed by atoms with Crippen molar-refractivity contribution in [2.24, 2.45) is 0 Å². The van der Waals surface area contributed by atoms with Crippen molar-refractivity contribution in [2.45, 2.75) is 25.2 Å². The second-order valence-electron chi connectivity index (χ2n) is 5.45. The first-order valence-electron chi connectivity index (χ1n) is 8.33. The van der Waals surface area contributed by atoms with Crippen LogP contribution in [0.4, 0.5) is 0 Å². The molecule has 0 aliphatic rings. The Kier molecular flexibility index (Phi) is 6.31. The van der Waals surface area contributed by atoms with Gasteiger partial charge in [-0.2, -0.15) is 0 Å². The van der Waals surface area contributed by atoms with Crippen LogP contribution in [0.1, 0.15) is 12.7 Å². The minimum atomic E-state index is -0.290. The Balaban J connectivity index is 1.44. The number of aromatic nitrogens is 3. The first-order valence-corrected chi connectivity index (χ1v) is 9.31. The lowest BCUT2D eigenvalue weighted by atomic mass is 10.4. The van der Waals surface area contributed by atoms with Gasteiger partial charge in [-0.1, -0.05) is 11.8 Å². The number of amides is 2. The van der Waals surface area contributed by atoms with Gasteiger partial charge in [-0.15, -0.1) is 10.2 Å². The van der Waals surface area contributed by atoms with Crippen molar-refractivity contribution in [2.75, 3.05) is 12.3 Å². The predicted octanol–water partition coefficient (Wildman–Crippen LogP) is 1.68. The molecule has 0 bridgehead atoms. The van der Waals surface area contributed by atoms with Gasteiger partial charge in [0.15, 0.2) is 16.7 Å². The molecule has 3 rings (SSSR count). The molecule has 0 aromatic carbocycles. The Hall–Kier alpha value is -3.01. The van der Waals surface area contributed by atoms with E-state index in [0.29, 0.717) is 29.0 Å². The van der Waals surface area contributed by atoms with Gasteiger partial charge in [0.2, 0.25) is 11.8 Å². The van der Waals surface area contributed by atoms with Gasteiger partial charge in [-0.3, -0.25) is 14.2 Å². The van der Waals surface area contributed by atoms with E-state index < -0.39 is 0 Å². The molecular weight excluding hydrogens is 370 g/mol. The average molecular weight is 389 g/mol. The lowest BCUT2D eigenvalue weighted by Crippen LogP contribution is -2.37. The summed E-state index contributed by atoms with van der Waals surface area (Å²) in [5, 5.41) is 14.1. The average Bonchev–Trinajstić information content (AvgIpc) is 3.43. The van der Waals surface area contributed by atoms with Crippen LogP contribution in [-0.2, 0) is 22.7 Å². The minimum Gasteiger partial charge on any atom is -0.467 e. The number of rotatable bonds is 9. The highest BCUT2D eigenvalue weighted by atomic mass is 32.2. The van der Waals surface area contributed by atoms with E-state index in [1.54, 1.807) is 30.5 Å². The normalized spacial score (nSPS) is 10.7. The molecule has 142 valence electrons. The Morgan fingerprint density at radius 1 is 1.11 bits per heavy atom. The Labute approximate surface area is 159 Å². The zero-order chi connectivity index (χ0) is 19.1. The Morgan fingerprint density at radius 2 is 1.93 bits per heavy atom. The van der Waals surface area contributed by atoms with Crippen LogP contribution < -0.4 is 10.6 Å². The predicted molar refractivity (Wildman–Crippen MR) is 97.7 cm³/mol. The number of nitrogens with one attached hydrogen (secondary N) is 2. The molecule has 0 radical (unpaired) electrons. The van der Waals surface area contributed by atoms with Gasteiger partial charge in [-0.05, 0) is 31.2 Å². The standard InChI is InChI=1S/C17H19N5O4S/c1-2-22-16(13-6-4-8-26-13)20-21-17(22)27-11-15(24)19-10-14(23)18-9-12-5-3-7-25-12/h3-8H,2,9-11H2,1H3,(H,18,23)(H,19,24).